The Morgan fingerprint density at radius 3 is 2.39 bits per heavy atom. The highest BCUT2D eigenvalue weighted by atomic mass is 14.7. The van der Waals surface area contributed by atoms with E-state index in [2.05, 4.69) is 65.6 Å². The maximum atomic E-state index is 3.48. The van der Waals surface area contributed by atoms with Crippen LogP contribution in [0.15, 0.2) is 60.7 Å². The van der Waals surface area contributed by atoms with Crippen molar-refractivity contribution < 1.29 is 0 Å². The van der Waals surface area contributed by atoms with Crippen LogP contribution in [0.4, 0.5) is 0 Å². The van der Waals surface area contributed by atoms with Crippen LogP contribution in [0.1, 0.15) is 17.7 Å². The van der Waals surface area contributed by atoms with Crippen LogP contribution in [0.2, 0.25) is 0 Å². The fourth-order valence-electron chi connectivity index (χ4n) is 2.40. The lowest BCUT2D eigenvalue weighted by molar-refractivity contribution is 0.806. The average molecular weight is 235 g/mol. The van der Waals surface area contributed by atoms with Gasteiger partial charge in [0.1, 0.15) is 0 Å². The Kier molecular flexibility index (Phi) is 3.14. The second-order valence-corrected chi connectivity index (χ2v) is 4.72. The van der Waals surface area contributed by atoms with Crippen molar-refractivity contribution in [1.29, 1.82) is 0 Å². The monoisotopic (exact) mass is 235 g/mol. The van der Waals surface area contributed by atoms with Crippen LogP contribution in [0.3, 0.4) is 0 Å². The standard InChI is InChI=1S/C17H17N/c1-2-7-14(8-3-1)9-6-11-16-13-15-10-4-5-12-17(15)18-16/h1-5,7-8,10,12-13,18H,6,9,11H2. The van der Waals surface area contributed by atoms with E-state index in [1.807, 2.05) is 0 Å². The molecule has 0 amide bonds. The lowest BCUT2D eigenvalue weighted by Gasteiger charge is -1.99. The fourth-order valence-corrected chi connectivity index (χ4v) is 2.40. The molecule has 0 radical (unpaired) electrons. The van der Waals surface area contributed by atoms with E-state index in [0.717, 1.165) is 12.8 Å². The molecule has 3 aromatic rings. The molecule has 0 aliphatic carbocycles. The Labute approximate surface area is 107 Å². The highest BCUT2D eigenvalue weighted by molar-refractivity contribution is 5.80. The molecule has 18 heavy (non-hydrogen) atoms. The first-order valence-electron chi connectivity index (χ1n) is 6.52. The van der Waals surface area contributed by atoms with Gasteiger partial charge in [0.05, 0.1) is 0 Å². The van der Waals surface area contributed by atoms with E-state index < -0.39 is 0 Å². The first-order valence-corrected chi connectivity index (χ1v) is 6.52. The van der Waals surface area contributed by atoms with Crippen LogP contribution in [0.25, 0.3) is 10.9 Å². The minimum absolute atomic E-state index is 1.11. The Morgan fingerprint density at radius 1 is 0.778 bits per heavy atom. The normalized spacial score (nSPS) is 10.9. The number of nitrogens with one attached hydrogen (secondary N) is 1. The predicted octanol–water partition coefficient (Wildman–Crippen LogP) is 4.34. The summed E-state index contributed by atoms with van der Waals surface area (Å²) in [6, 6.07) is 21.4. The van der Waals surface area contributed by atoms with Crippen molar-refractivity contribution in [2.75, 3.05) is 0 Å². The molecule has 0 atom stereocenters. The zero-order valence-electron chi connectivity index (χ0n) is 10.4. The zero-order chi connectivity index (χ0) is 12.2. The molecule has 0 fully saturated rings. The molecule has 0 aliphatic heterocycles. The van der Waals surface area contributed by atoms with Crippen molar-refractivity contribution >= 4 is 10.9 Å². The third kappa shape index (κ3) is 2.45. The van der Waals surface area contributed by atoms with Crippen molar-refractivity contribution in [3.8, 4) is 0 Å². The Hall–Kier alpha value is -2.02. The van der Waals surface area contributed by atoms with Gasteiger partial charge in [-0.25, -0.2) is 0 Å². The van der Waals surface area contributed by atoms with Gasteiger partial charge in [-0.15, -0.1) is 0 Å². The van der Waals surface area contributed by atoms with Crippen LogP contribution in [0, 0.1) is 0 Å². The molecule has 1 heterocycles. The molecule has 1 nitrogen and oxygen atoms in total. The maximum absolute atomic E-state index is 3.48. The van der Waals surface area contributed by atoms with Gasteiger partial charge in [0, 0.05) is 11.2 Å². The van der Waals surface area contributed by atoms with E-state index in [9.17, 15) is 0 Å². The largest absolute Gasteiger partial charge is 0.358 e. The van der Waals surface area contributed by atoms with Gasteiger partial charge in [0.25, 0.3) is 0 Å². The van der Waals surface area contributed by atoms with Gasteiger partial charge in [0.15, 0.2) is 0 Å². The molecule has 0 unspecified atom stereocenters. The molecule has 1 N–H and O–H groups in total. The molecule has 1 aromatic heterocycles. The minimum atomic E-state index is 1.11. The van der Waals surface area contributed by atoms with E-state index >= 15 is 0 Å². The second kappa shape index (κ2) is 5.09. The number of para-hydroxylation sites is 1. The van der Waals surface area contributed by atoms with Crippen molar-refractivity contribution in [1.82, 2.24) is 4.98 Å². The van der Waals surface area contributed by atoms with Gasteiger partial charge in [-0.2, -0.15) is 0 Å². The number of hydrogen-bond donors (Lipinski definition) is 1. The van der Waals surface area contributed by atoms with Crippen LogP contribution in [0.5, 0.6) is 0 Å². The lowest BCUT2D eigenvalue weighted by atomic mass is 10.1. The first kappa shape index (κ1) is 11.1. The SMILES string of the molecule is c1ccc(CCCc2cc3ccccc3[nH]2)cc1. The molecular formula is C17H17N. The number of hydrogen-bond acceptors (Lipinski definition) is 0. The number of aromatic amines is 1. The van der Waals surface area contributed by atoms with Gasteiger partial charge in [-0.1, -0.05) is 48.5 Å². The van der Waals surface area contributed by atoms with Crippen molar-refractivity contribution in [2.24, 2.45) is 0 Å². The number of fused-ring (bicyclic) bond motifs is 1. The molecule has 0 bridgehead atoms. The van der Waals surface area contributed by atoms with E-state index in [1.54, 1.807) is 0 Å². The van der Waals surface area contributed by atoms with Crippen LogP contribution in [-0.2, 0) is 12.8 Å². The van der Waals surface area contributed by atoms with E-state index in [1.165, 1.54) is 28.6 Å². The first-order chi connectivity index (χ1) is 8.92. The van der Waals surface area contributed by atoms with Gasteiger partial charge >= 0.3 is 0 Å². The maximum Gasteiger partial charge on any atom is 0.0456 e. The zero-order valence-corrected chi connectivity index (χ0v) is 10.4. The fraction of sp³-hybridized carbons (Fsp3) is 0.176. The Bertz CT molecular complexity index is 589. The summed E-state index contributed by atoms with van der Waals surface area (Å²) in [5, 5.41) is 1.31. The summed E-state index contributed by atoms with van der Waals surface area (Å²) in [5.74, 6) is 0. The Balaban J connectivity index is 1.63. The molecule has 90 valence electrons. The molecule has 3 rings (SSSR count). The number of aromatic nitrogens is 1. The highest BCUT2D eigenvalue weighted by Crippen LogP contribution is 2.16. The summed E-state index contributed by atoms with van der Waals surface area (Å²) in [5.41, 5.74) is 4.01. The average Bonchev–Trinajstić information content (AvgIpc) is 2.82. The van der Waals surface area contributed by atoms with Gasteiger partial charge in [-0.3, -0.25) is 0 Å². The van der Waals surface area contributed by atoms with Gasteiger partial charge < -0.3 is 4.98 Å². The molecule has 0 spiro atoms. The Morgan fingerprint density at radius 2 is 1.56 bits per heavy atom. The van der Waals surface area contributed by atoms with Crippen molar-refractivity contribution in [3.63, 3.8) is 0 Å². The van der Waals surface area contributed by atoms with Crippen LogP contribution < -0.4 is 0 Å². The summed E-state index contributed by atoms with van der Waals surface area (Å²) in [6.45, 7) is 0. The van der Waals surface area contributed by atoms with Crippen molar-refractivity contribution in [3.05, 3.63) is 71.9 Å². The molecule has 2 aromatic carbocycles. The number of benzene rings is 2. The van der Waals surface area contributed by atoms with E-state index in [4.69, 9.17) is 0 Å². The molecule has 0 saturated heterocycles. The van der Waals surface area contributed by atoms with E-state index in [0.29, 0.717) is 0 Å². The van der Waals surface area contributed by atoms with Crippen LogP contribution >= 0.6 is 0 Å². The van der Waals surface area contributed by atoms with E-state index in [-0.39, 0.29) is 0 Å². The minimum Gasteiger partial charge on any atom is -0.358 e. The number of H-pyrrole nitrogens is 1. The van der Waals surface area contributed by atoms with Gasteiger partial charge in [-0.05, 0) is 42.3 Å². The molecule has 1 heteroatoms. The topological polar surface area (TPSA) is 15.8 Å². The summed E-state index contributed by atoms with van der Waals surface area (Å²) >= 11 is 0. The lowest BCUT2D eigenvalue weighted by Crippen LogP contribution is -1.89. The third-order valence-electron chi connectivity index (χ3n) is 3.34. The van der Waals surface area contributed by atoms with Gasteiger partial charge in [0.2, 0.25) is 0 Å². The predicted molar refractivity (Wildman–Crippen MR) is 76.8 cm³/mol. The summed E-state index contributed by atoms with van der Waals surface area (Å²) in [7, 11) is 0. The summed E-state index contributed by atoms with van der Waals surface area (Å²) in [4.78, 5) is 3.48. The smallest absolute Gasteiger partial charge is 0.0456 e. The number of aryl methyl sites for hydroxylation is 2. The van der Waals surface area contributed by atoms with Crippen molar-refractivity contribution in [2.45, 2.75) is 19.3 Å². The second-order valence-electron chi connectivity index (χ2n) is 4.72. The molecular weight excluding hydrogens is 218 g/mol. The summed E-state index contributed by atoms with van der Waals surface area (Å²) in [6.07, 6.45) is 3.45. The third-order valence-corrected chi connectivity index (χ3v) is 3.34. The molecule has 0 saturated carbocycles. The quantitative estimate of drug-likeness (QED) is 0.692. The molecule has 0 aliphatic rings. The summed E-state index contributed by atoms with van der Waals surface area (Å²) < 4.78 is 0. The van der Waals surface area contributed by atoms with Crippen LogP contribution in [-0.4, -0.2) is 4.98 Å². The number of rotatable bonds is 4. The highest BCUT2D eigenvalue weighted by Gasteiger charge is 2.00.